The summed E-state index contributed by atoms with van der Waals surface area (Å²) in [6.45, 7) is 3.18. The van der Waals surface area contributed by atoms with Gasteiger partial charge in [-0.25, -0.2) is 0 Å². The van der Waals surface area contributed by atoms with Crippen molar-refractivity contribution in [2.24, 2.45) is 10.9 Å². The maximum Gasteiger partial charge on any atom is 0.161 e. The van der Waals surface area contributed by atoms with Crippen molar-refractivity contribution in [1.29, 1.82) is 0 Å². The molecule has 2 aliphatic rings. The Kier molecular flexibility index (Phi) is 3.66. The van der Waals surface area contributed by atoms with E-state index in [0.717, 1.165) is 33.8 Å². The smallest absolute Gasteiger partial charge is 0.161 e. The van der Waals surface area contributed by atoms with Crippen LogP contribution in [0.2, 0.25) is 0 Å². The summed E-state index contributed by atoms with van der Waals surface area (Å²) in [7, 11) is 0. The number of rotatable bonds is 3. The van der Waals surface area contributed by atoms with E-state index in [1.807, 2.05) is 11.8 Å². The molecule has 1 aromatic rings. The lowest BCUT2D eigenvalue weighted by Crippen LogP contribution is -2.10. The van der Waals surface area contributed by atoms with Gasteiger partial charge in [-0.1, -0.05) is 34.6 Å². The van der Waals surface area contributed by atoms with E-state index in [1.165, 1.54) is 24.1 Å². The molecule has 1 atom stereocenters. The summed E-state index contributed by atoms with van der Waals surface area (Å²) in [5, 5.41) is 5.32. The highest BCUT2D eigenvalue weighted by atomic mass is 79.9. The number of nitrogens with one attached hydrogen (secondary N) is 1. The Bertz CT molecular complexity index is 483. The van der Waals surface area contributed by atoms with Crippen LogP contribution in [0.4, 0.5) is 5.69 Å². The molecule has 0 spiro atoms. The highest BCUT2D eigenvalue weighted by Gasteiger charge is 2.35. The summed E-state index contributed by atoms with van der Waals surface area (Å²) >= 11 is 5.45. The summed E-state index contributed by atoms with van der Waals surface area (Å²) in [6, 6.07) is 6.40. The highest BCUT2D eigenvalue weighted by molar-refractivity contribution is 9.10. The quantitative estimate of drug-likeness (QED) is 0.896. The first kappa shape index (κ1) is 12.5. The number of benzene rings is 1. The van der Waals surface area contributed by atoms with Gasteiger partial charge in [0.05, 0.1) is 6.54 Å². The van der Waals surface area contributed by atoms with E-state index in [2.05, 4.69) is 51.4 Å². The molecule has 3 rings (SSSR count). The standard InChI is InChI=1S/C14H17BrN2S/c1-2-9-7-11(15)5-6-12(9)17-14-16-8-13(18-14)10-3-4-10/h5-7,10,13H,2-4,8H2,1H3,(H,16,17). The molecule has 0 bridgehead atoms. The lowest BCUT2D eigenvalue weighted by atomic mass is 10.1. The monoisotopic (exact) mass is 324 g/mol. The number of amidine groups is 1. The van der Waals surface area contributed by atoms with Gasteiger partial charge >= 0.3 is 0 Å². The molecule has 0 radical (unpaired) electrons. The molecule has 0 amide bonds. The maximum atomic E-state index is 4.63. The minimum Gasteiger partial charge on any atom is -0.335 e. The van der Waals surface area contributed by atoms with Crippen LogP contribution in [0.3, 0.4) is 0 Å². The molecular weight excluding hydrogens is 308 g/mol. The van der Waals surface area contributed by atoms with E-state index in [0.29, 0.717) is 0 Å². The van der Waals surface area contributed by atoms with Crippen LogP contribution in [0.5, 0.6) is 0 Å². The summed E-state index contributed by atoms with van der Waals surface area (Å²) in [4.78, 5) is 4.63. The summed E-state index contributed by atoms with van der Waals surface area (Å²) < 4.78 is 1.14. The second-order valence-corrected chi connectivity index (χ2v) is 7.06. The van der Waals surface area contributed by atoms with Gasteiger partial charge < -0.3 is 5.32 Å². The first-order chi connectivity index (χ1) is 8.76. The van der Waals surface area contributed by atoms with Gasteiger partial charge in [0.1, 0.15) is 0 Å². The number of thioether (sulfide) groups is 1. The average molecular weight is 325 g/mol. The highest BCUT2D eigenvalue weighted by Crippen LogP contribution is 2.42. The largest absolute Gasteiger partial charge is 0.335 e. The average Bonchev–Trinajstić information content (AvgIpc) is 3.12. The molecule has 1 saturated carbocycles. The predicted molar refractivity (Wildman–Crippen MR) is 83.5 cm³/mol. The van der Waals surface area contributed by atoms with Gasteiger partial charge in [0.25, 0.3) is 0 Å². The number of aliphatic imine (C=N–C) groups is 1. The van der Waals surface area contributed by atoms with Gasteiger partial charge in [-0.3, -0.25) is 4.99 Å². The fourth-order valence-electron chi connectivity index (χ4n) is 2.27. The van der Waals surface area contributed by atoms with Crippen LogP contribution in [-0.4, -0.2) is 17.0 Å². The van der Waals surface area contributed by atoms with Crippen LogP contribution in [-0.2, 0) is 6.42 Å². The number of nitrogens with zero attached hydrogens (tertiary/aromatic N) is 1. The van der Waals surface area contributed by atoms with Crippen molar-refractivity contribution in [3.63, 3.8) is 0 Å². The van der Waals surface area contributed by atoms with Crippen molar-refractivity contribution < 1.29 is 0 Å². The second-order valence-electron chi connectivity index (χ2n) is 4.92. The zero-order valence-corrected chi connectivity index (χ0v) is 12.9. The molecule has 1 heterocycles. The minimum atomic E-state index is 0.730. The molecule has 1 aliphatic heterocycles. The van der Waals surface area contributed by atoms with Crippen molar-refractivity contribution in [2.45, 2.75) is 31.4 Å². The van der Waals surface area contributed by atoms with Crippen molar-refractivity contribution in [2.75, 3.05) is 11.9 Å². The fraction of sp³-hybridized carbons (Fsp3) is 0.500. The molecule has 1 fully saturated rings. The predicted octanol–water partition coefficient (Wildman–Crippen LogP) is 4.30. The number of anilines is 1. The van der Waals surface area contributed by atoms with Crippen molar-refractivity contribution in [3.8, 4) is 0 Å². The van der Waals surface area contributed by atoms with Gasteiger partial charge in [-0.2, -0.15) is 0 Å². The zero-order chi connectivity index (χ0) is 12.5. The van der Waals surface area contributed by atoms with Gasteiger partial charge in [-0.15, -0.1) is 0 Å². The minimum absolute atomic E-state index is 0.730. The lowest BCUT2D eigenvalue weighted by Gasteiger charge is -2.11. The molecule has 96 valence electrons. The van der Waals surface area contributed by atoms with E-state index >= 15 is 0 Å². The molecule has 1 aromatic carbocycles. The van der Waals surface area contributed by atoms with Gasteiger partial charge in [0.2, 0.25) is 0 Å². The Morgan fingerprint density at radius 3 is 3.00 bits per heavy atom. The molecule has 18 heavy (non-hydrogen) atoms. The molecule has 1 N–H and O–H groups in total. The SMILES string of the molecule is CCc1cc(Br)ccc1NC1=NCC(C2CC2)S1. The normalized spacial score (nSPS) is 23.0. The van der Waals surface area contributed by atoms with Crippen LogP contribution in [0, 0.1) is 5.92 Å². The van der Waals surface area contributed by atoms with Gasteiger partial charge in [0.15, 0.2) is 5.17 Å². The lowest BCUT2D eigenvalue weighted by molar-refractivity contribution is 0.773. The molecule has 1 aliphatic carbocycles. The van der Waals surface area contributed by atoms with Crippen molar-refractivity contribution in [1.82, 2.24) is 0 Å². The van der Waals surface area contributed by atoms with E-state index in [-0.39, 0.29) is 0 Å². The first-order valence-corrected chi connectivity index (χ1v) is 8.20. The van der Waals surface area contributed by atoms with Gasteiger partial charge in [-0.05, 0) is 48.9 Å². The molecule has 0 aromatic heterocycles. The van der Waals surface area contributed by atoms with Crippen molar-refractivity contribution >= 4 is 38.5 Å². The van der Waals surface area contributed by atoms with Crippen LogP contribution in [0.25, 0.3) is 0 Å². The van der Waals surface area contributed by atoms with E-state index in [4.69, 9.17) is 0 Å². The summed E-state index contributed by atoms with van der Waals surface area (Å²) in [5.41, 5.74) is 2.53. The summed E-state index contributed by atoms with van der Waals surface area (Å²) in [5.74, 6) is 0.925. The van der Waals surface area contributed by atoms with Crippen LogP contribution < -0.4 is 5.32 Å². The van der Waals surface area contributed by atoms with Crippen molar-refractivity contribution in [3.05, 3.63) is 28.2 Å². The molecule has 4 heteroatoms. The number of halogens is 1. The Morgan fingerprint density at radius 2 is 2.28 bits per heavy atom. The topological polar surface area (TPSA) is 24.4 Å². The first-order valence-electron chi connectivity index (χ1n) is 6.53. The van der Waals surface area contributed by atoms with E-state index in [9.17, 15) is 0 Å². The maximum absolute atomic E-state index is 4.63. The Hall–Kier alpha value is -0.480. The van der Waals surface area contributed by atoms with Crippen LogP contribution >= 0.6 is 27.7 Å². The second kappa shape index (κ2) is 5.25. The van der Waals surface area contributed by atoms with Gasteiger partial charge in [0, 0.05) is 15.4 Å². The molecule has 0 saturated heterocycles. The van der Waals surface area contributed by atoms with E-state index < -0.39 is 0 Å². The fourth-order valence-corrected chi connectivity index (χ4v) is 3.89. The third-order valence-electron chi connectivity index (χ3n) is 3.52. The number of hydrogen-bond donors (Lipinski definition) is 1. The zero-order valence-electron chi connectivity index (χ0n) is 10.4. The molecular formula is C14H17BrN2S. The van der Waals surface area contributed by atoms with Crippen LogP contribution in [0.1, 0.15) is 25.3 Å². The van der Waals surface area contributed by atoms with E-state index in [1.54, 1.807) is 0 Å². The third-order valence-corrected chi connectivity index (χ3v) is 5.30. The third kappa shape index (κ3) is 2.75. The van der Waals surface area contributed by atoms with Crippen LogP contribution in [0.15, 0.2) is 27.7 Å². The molecule has 1 unspecified atom stereocenters. The Balaban J connectivity index is 1.69. The Morgan fingerprint density at radius 1 is 1.44 bits per heavy atom. The Labute approximate surface area is 121 Å². The number of hydrogen-bond acceptors (Lipinski definition) is 3. The summed E-state index contributed by atoms with van der Waals surface area (Å²) in [6.07, 6.45) is 3.84. The number of aryl methyl sites for hydroxylation is 1. The molecule has 2 nitrogen and oxygen atoms in total.